The molecule has 0 bridgehead atoms. The molecule has 1 saturated carbocycles. The molecule has 0 amide bonds. The Hall–Kier alpha value is -1.22. The summed E-state index contributed by atoms with van der Waals surface area (Å²) in [7, 11) is 0. The fourth-order valence-corrected chi connectivity index (χ4v) is 3.00. The van der Waals surface area contributed by atoms with Gasteiger partial charge in [-0.15, -0.1) is 0 Å². The Morgan fingerprint density at radius 3 is 2.61 bits per heavy atom. The van der Waals surface area contributed by atoms with E-state index in [1.54, 1.807) is 6.07 Å². The lowest BCUT2D eigenvalue weighted by atomic mass is 10.1. The number of hydrogen-bond donors (Lipinski definition) is 1. The van der Waals surface area contributed by atoms with Crippen molar-refractivity contribution < 1.29 is 9.90 Å². The molecule has 0 unspecified atom stereocenters. The van der Waals surface area contributed by atoms with Crippen molar-refractivity contribution in [3.8, 4) is 0 Å². The maximum Gasteiger partial charge on any atom is 0.335 e. The van der Waals surface area contributed by atoms with Gasteiger partial charge in [0.05, 0.1) is 16.3 Å². The van der Waals surface area contributed by atoms with Gasteiger partial charge in [0.1, 0.15) is 0 Å². The van der Waals surface area contributed by atoms with Crippen molar-refractivity contribution in [2.24, 2.45) is 0 Å². The molecule has 1 aliphatic carbocycles. The molecule has 0 saturated heterocycles. The van der Waals surface area contributed by atoms with Gasteiger partial charge in [0.25, 0.3) is 0 Å². The van der Waals surface area contributed by atoms with E-state index < -0.39 is 5.97 Å². The van der Waals surface area contributed by atoms with Crippen molar-refractivity contribution in [2.45, 2.75) is 38.6 Å². The van der Waals surface area contributed by atoms with E-state index in [4.69, 9.17) is 16.7 Å². The van der Waals surface area contributed by atoms with Crippen LogP contribution in [-0.4, -0.2) is 23.7 Å². The van der Waals surface area contributed by atoms with Crippen LogP contribution in [0.15, 0.2) is 18.2 Å². The molecule has 1 aromatic carbocycles. The molecular formula is C14H18ClNO2. The summed E-state index contributed by atoms with van der Waals surface area (Å²) in [5.41, 5.74) is 1.20. The highest BCUT2D eigenvalue weighted by Gasteiger charge is 2.23. The fourth-order valence-electron chi connectivity index (χ4n) is 2.71. The smallest absolute Gasteiger partial charge is 0.335 e. The molecule has 0 heterocycles. The molecule has 4 heteroatoms. The normalized spacial score (nSPS) is 15.9. The van der Waals surface area contributed by atoms with Crippen LogP contribution < -0.4 is 4.90 Å². The minimum Gasteiger partial charge on any atom is -0.478 e. The molecule has 1 N–H and O–H groups in total. The number of halogens is 1. The second kappa shape index (κ2) is 5.61. The van der Waals surface area contributed by atoms with Gasteiger partial charge in [0, 0.05) is 12.6 Å². The van der Waals surface area contributed by atoms with Crippen LogP contribution in [0, 0.1) is 0 Å². The summed E-state index contributed by atoms with van der Waals surface area (Å²) in [5, 5.41) is 9.47. The third-order valence-electron chi connectivity index (χ3n) is 3.61. The average Bonchev–Trinajstić information content (AvgIpc) is 2.85. The van der Waals surface area contributed by atoms with Crippen molar-refractivity contribution >= 4 is 23.3 Å². The molecule has 3 nitrogen and oxygen atoms in total. The molecule has 0 aromatic heterocycles. The highest BCUT2D eigenvalue weighted by molar-refractivity contribution is 6.33. The number of nitrogens with zero attached hydrogens (tertiary/aromatic N) is 1. The summed E-state index contributed by atoms with van der Waals surface area (Å²) < 4.78 is 0. The molecule has 18 heavy (non-hydrogen) atoms. The molecule has 0 radical (unpaired) electrons. The number of carboxylic acid groups (broad SMARTS) is 1. The first-order chi connectivity index (χ1) is 8.63. The zero-order valence-corrected chi connectivity index (χ0v) is 11.3. The van der Waals surface area contributed by atoms with Crippen LogP contribution in [0.5, 0.6) is 0 Å². The van der Waals surface area contributed by atoms with E-state index in [-0.39, 0.29) is 5.56 Å². The second-order valence-corrected chi connectivity index (χ2v) is 5.10. The number of aromatic carboxylic acids is 1. The van der Waals surface area contributed by atoms with Gasteiger partial charge in [0.2, 0.25) is 0 Å². The lowest BCUT2D eigenvalue weighted by molar-refractivity contribution is 0.0697. The second-order valence-electron chi connectivity index (χ2n) is 4.70. The Bertz CT molecular complexity index is 441. The molecular weight excluding hydrogens is 250 g/mol. The van der Waals surface area contributed by atoms with E-state index in [0.29, 0.717) is 11.1 Å². The third kappa shape index (κ3) is 2.61. The minimum atomic E-state index is -0.938. The Labute approximate surface area is 112 Å². The number of anilines is 1. The van der Waals surface area contributed by atoms with Crippen LogP contribution >= 0.6 is 11.6 Å². The van der Waals surface area contributed by atoms with Gasteiger partial charge in [-0.3, -0.25) is 0 Å². The zero-order valence-electron chi connectivity index (χ0n) is 10.5. The molecule has 1 aromatic rings. The molecule has 0 atom stereocenters. The lowest BCUT2D eigenvalue weighted by Crippen LogP contribution is -2.33. The maximum absolute atomic E-state index is 10.9. The van der Waals surface area contributed by atoms with Crippen molar-refractivity contribution in [1.29, 1.82) is 0 Å². The van der Waals surface area contributed by atoms with E-state index in [1.807, 2.05) is 6.07 Å². The number of carbonyl (C=O) groups is 1. The minimum absolute atomic E-state index is 0.242. The quantitative estimate of drug-likeness (QED) is 0.902. The molecule has 98 valence electrons. The maximum atomic E-state index is 10.9. The van der Waals surface area contributed by atoms with Gasteiger partial charge in [-0.25, -0.2) is 4.79 Å². The van der Waals surface area contributed by atoms with E-state index in [9.17, 15) is 4.79 Å². The fraction of sp³-hybridized carbons (Fsp3) is 0.500. The van der Waals surface area contributed by atoms with Crippen molar-refractivity contribution in [2.75, 3.05) is 11.4 Å². The predicted octanol–water partition coefficient (Wildman–Crippen LogP) is 3.81. The van der Waals surface area contributed by atoms with Crippen LogP contribution in [0.2, 0.25) is 5.02 Å². The summed E-state index contributed by atoms with van der Waals surface area (Å²) in [6.45, 7) is 3.01. The van der Waals surface area contributed by atoms with Gasteiger partial charge in [-0.1, -0.05) is 24.4 Å². The van der Waals surface area contributed by atoms with Crippen LogP contribution in [0.1, 0.15) is 43.0 Å². The molecule has 0 aliphatic heterocycles. The predicted molar refractivity (Wildman–Crippen MR) is 73.7 cm³/mol. The van der Waals surface area contributed by atoms with E-state index in [1.165, 1.54) is 31.7 Å². The Morgan fingerprint density at radius 1 is 1.44 bits per heavy atom. The lowest BCUT2D eigenvalue weighted by Gasteiger charge is -2.30. The standard InChI is InChI=1S/C14H18ClNO2/c1-2-16(11-5-3-4-6-11)13-8-7-10(14(17)18)9-12(13)15/h7-9,11H,2-6H2,1H3,(H,17,18). The number of rotatable bonds is 4. The first-order valence-corrected chi connectivity index (χ1v) is 6.80. The Balaban J connectivity index is 2.27. The molecule has 2 rings (SSSR count). The SMILES string of the molecule is CCN(c1ccc(C(=O)O)cc1Cl)C1CCCC1. The van der Waals surface area contributed by atoms with Crippen LogP contribution in [-0.2, 0) is 0 Å². The number of benzene rings is 1. The summed E-state index contributed by atoms with van der Waals surface area (Å²) in [4.78, 5) is 13.2. The molecule has 0 spiro atoms. The van der Waals surface area contributed by atoms with E-state index in [0.717, 1.165) is 12.2 Å². The van der Waals surface area contributed by atoms with E-state index >= 15 is 0 Å². The average molecular weight is 268 g/mol. The van der Waals surface area contributed by atoms with Crippen molar-refractivity contribution in [1.82, 2.24) is 0 Å². The largest absolute Gasteiger partial charge is 0.478 e. The van der Waals surface area contributed by atoms with Gasteiger partial charge in [-0.2, -0.15) is 0 Å². The van der Waals surface area contributed by atoms with Crippen LogP contribution in [0.3, 0.4) is 0 Å². The summed E-state index contributed by atoms with van der Waals surface area (Å²) >= 11 is 6.22. The van der Waals surface area contributed by atoms with Gasteiger partial charge in [-0.05, 0) is 38.0 Å². The highest BCUT2D eigenvalue weighted by atomic mass is 35.5. The van der Waals surface area contributed by atoms with Crippen molar-refractivity contribution in [3.63, 3.8) is 0 Å². The van der Waals surface area contributed by atoms with Crippen molar-refractivity contribution in [3.05, 3.63) is 28.8 Å². The van der Waals surface area contributed by atoms with Gasteiger partial charge >= 0.3 is 5.97 Å². The molecule has 1 aliphatic rings. The summed E-state index contributed by atoms with van der Waals surface area (Å²) in [6.07, 6.45) is 4.94. The van der Waals surface area contributed by atoms with Gasteiger partial charge in [0.15, 0.2) is 0 Å². The number of hydrogen-bond acceptors (Lipinski definition) is 2. The Kier molecular flexibility index (Phi) is 4.12. The third-order valence-corrected chi connectivity index (χ3v) is 3.91. The van der Waals surface area contributed by atoms with Crippen LogP contribution in [0.25, 0.3) is 0 Å². The monoisotopic (exact) mass is 267 g/mol. The summed E-state index contributed by atoms with van der Waals surface area (Å²) in [6, 6.07) is 5.54. The first kappa shape index (κ1) is 13.2. The topological polar surface area (TPSA) is 40.5 Å². The zero-order chi connectivity index (χ0) is 13.1. The number of carboxylic acids is 1. The first-order valence-electron chi connectivity index (χ1n) is 6.43. The Morgan fingerprint density at radius 2 is 2.11 bits per heavy atom. The highest BCUT2D eigenvalue weighted by Crippen LogP contribution is 2.33. The summed E-state index contributed by atoms with van der Waals surface area (Å²) in [5.74, 6) is -0.938. The van der Waals surface area contributed by atoms with Crippen LogP contribution in [0.4, 0.5) is 5.69 Å². The van der Waals surface area contributed by atoms with E-state index in [2.05, 4.69) is 11.8 Å². The molecule has 1 fully saturated rings. The van der Waals surface area contributed by atoms with Gasteiger partial charge < -0.3 is 10.0 Å².